The van der Waals surface area contributed by atoms with Crippen LogP contribution >= 0.6 is 11.3 Å². The lowest BCUT2D eigenvalue weighted by Gasteiger charge is -2.15. The lowest BCUT2D eigenvalue weighted by molar-refractivity contribution is -0.122. The third kappa shape index (κ3) is 4.11. The number of fused-ring (bicyclic) bond motifs is 1. The lowest BCUT2D eigenvalue weighted by Crippen LogP contribution is -2.34. The zero-order valence-corrected chi connectivity index (χ0v) is 13.9. The highest BCUT2D eigenvalue weighted by Crippen LogP contribution is 2.13. The first-order chi connectivity index (χ1) is 11.1. The number of likely N-dealkylation sites (N-methyl/N-ethyl adjacent to an activating group) is 1. The van der Waals surface area contributed by atoms with Crippen molar-refractivity contribution < 1.29 is 4.79 Å². The van der Waals surface area contributed by atoms with Gasteiger partial charge in [0.1, 0.15) is 5.01 Å². The van der Waals surface area contributed by atoms with E-state index in [2.05, 4.69) is 20.4 Å². The molecule has 23 heavy (non-hydrogen) atoms. The Morgan fingerprint density at radius 1 is 1.48 bits per heavy atom. The van der Waals surface area contributed by atoms with Crippen LogP contribution in [-0.4, -0.2) is 44.0 Å². The minimum atomic E-state index is -0.0307. The number of hydrogen-bond donors (Lipinski definition) is 1. The Kier molecular flexibility index (Phi) is 4.63. The van der Waals surface area contributed by atoms with Gasteiger partial charge in [-0.2, -0.15) is 5.10 Å². The Morgan fingerprint density at radius 3 is 3.09 bits per heavy atom. The predicted molar refractivity (Wildman–Crippen MR) is 88.0 cm³/mol. The molecule has 120 valence electrons. The summed E-state index contributed by atoms with van der Waals surface area (Å²) in [5.74, 6) is -0.0307. The molecule has 0 saturated carbocycles. The SMILES string of the molecule is Cc1nn2cc(CNC(=O)CN(C)Cc3cccnc3)nc2s1. The second-order valence-corrected chi connectivity index (χ2v) is 6.55. The molecule has 3 aromatic rings. The lowest BCUT2D eigenvalue weighted by atomic mass is 10.3. The molecule has 7 nitrogen and oxygen atoms in total. The molecular formula is C15H18N6OS. The maximum absolute atomic E-state index is 12.0. The summed E-state index contributed by atoms with van der Waals surface area (Å²) in [7, 11) is 1.91. The van der Waals surface area contributed by atoms with Gasteiger partial charge in [0.05, 0.1) is 25.0 Å². The molecule has 3 aromatic heterocycles. The Labute approximate surface area is 138 Å². The van der Waals surface area contributed by atoms with Crippen LogP contribution in [0.25, 0.3) is 4.96 Å². The molecule has 3 rings (SSSR count). The van der Waals surface area contributed by atoms with Crippen molar-refractivity contribution in [2.24, 2.45) is 0 Å². The summed E-state index contributed by atoms with van der Waals surface area (Å²) in [6, 6.07) is 3.89. The first-order valence-electron chi connectivity index (χ1n) is 7.26. The highest BCUT2D eigenvalue weighted by Gasteiger charge is 2.09. The minimum absolute atomic E-state index is 0.0307. The van der Waals surface area contributed by atoms with E-state index >= 15 is 0 Å². The van der Waals surface area contributed by atoms with Gasteiger partial charge in [-0.3, -0.25) is 14.7 Å². The number of rotatable bonds is 6. The summed E-state index contributed by atoms with van der Waals surface area (Å²) in [6.45, 7) is 3.37. The van der Waals surface area contributed by atoms with E-state index in [-0.39, 0.29) is 5.91 Å². The van der Waals surface area contributed by atoms with Crippen LogP contribution in [0.5, 0.6) is 0 Å². The maximum atomic E-state index is 12.0. The molecule has 0 unspecified atom stereocenters. The van der Waals surface area contributed by atoms with E-state index in [9.17, 15) is 4.79 Å². The normalized spacial score (nSPS) is 11.3. The van der Waals surface area contributed by atoms with Gasteiger partial charge in [-0.25, -0.2) is 9.50 Å². The maximum Gasteiger partial charge on any atom is 0.234 e. The van der Waals surface area contributed by atoms with Crippen LogP contribution in [0.3, 0.4) is 0 Å². The average Bonchev–Trinajstić information content (AvgIpc) is 3.02. The van der Waals surface area contributed by atoms with E-state index in [0.29, 0.717) is 19.6 Å². The van der Waals surface area contributed by atoms with Crippen LogP contribution in [0.4, 0.5) is 0 Å². The first kappa shape index (κ1) is 15.6. The second kappa shape index (κ2) is 6.84. The predicted octanol–water partition coefficient (Wildman–Crippen LogP) is 1.24. The molecule has 0 aliphatic heterocycles. The average molecular weight is 330 g/mol. The molecule has 8 heteroatoms. The summed E-state index contributed by atoms with van der Waals surface area (Å²) >= 11 is 1.53. The van der Waals surface area contributed by atoms with Crippen molar-refractivity contribution in [1.29, 1.82) is 0 Å². The van der Waals surface area contributed by atoms with E-state index in [0.717, 1.165) is 21.2 Å². The number of carbonyl (C=O) groups excluding carboxylic acids is 1. The van der Waals surface area contributed by atoms with Crippen LogP contribution in [0.1, 0.15) is 16.3 Å². The third-order valence-corrected chi connectivity index (χ3v) is 4.09. The van der Waals surface area contributed by atoms with Gasteiger partial charge in [0.2, 0.25) is 10.9 Å². The Morgan fingerprint density at radius 2 is 2.35 bits per heavy atom. The molecule has 1 amide bonds. The van der Waals surface area contributed by atoms with Crippen LogP contribution in [0.2, 0.25) is 0 Å². The smallest absolute Gasteiger partial charge is 0.234 e. The van der Waals surface area contributed by atoms with Gasteiger partial charge in [-0.05, 0) is 25.6 Å². The van der Waals surface area contributed by atoms with Crippen molar-refractivity contribution in [3.05, 3.63) is 47.0 Å². The number of imidazole rings is 1. The number of amides is 1. The number of aryl methyl sites for hydroxylation is 1. The topological polar surface area (TPSA) is 75.4 Å². The van der Waals surface area contributed by atoms with Crippen molar-refractivity contribution in [2.75, 3.05) is 13.6 Å². The molecule has 0 saturated heterocycles. The zero-order valence-electron chi connectivity index (χ0n) is 13.1. The van der Waals surface area contributed by atoms with Crippen LogP contribution in [0, 0.1) is 6.92 Å². The van der Waals surface area contributed by atoms with Crippen molar-refractivity contribution in [3.63, 3.8) is 0 Å². The molecule has 0 bridgehead atoms. The number of hydrogen-bond acceptors (Lipinski definition) is 6. The number of nitrogens with one attached hydrogen (secondary N) is 1. The number of pyridine rings is 1. The van der Waals surface area contributed by atoms with E-state index in [4.69, 9.17) is 0 Å². The van der Waals surface area contributed by atoms with Crippen molar-refractivity contribution in [1.82, 2.24) is 29.8 Å². The van der Waals surface area contributed by atoms with Crippen molar-refractivity contribution in [3.8, 4) is 0 Å². The van der Waals surface area contributed by atoms with Gasteiger partial charge in [-0.1, -0.05) is 17.4 Å². The molecule has 0 spiro atoms. The summed E-state index contributed by atoms with van der Waals surface area (Å²) < 4.78 is 1.75. The largest absolute Gasteiger partial charge is 0.349 e. The van der Waals surface area contributed by atoms with Gasteiger partial charge in [0.15, 0.2) is 0 Å². The van der Waals surface area contributed by atoms with Gasteiger partial charge in [-0.15, -0.1) is 0 Å². The molecule has 0 fully saturated rings. The molecule has 0 radical (unpaired) electrons. The molecule has 0 aliphatic rings. The van der Waals surface area contributed by atoms with Gasteiger partial charge >= 0.3 is 0 Å². The fourth-order valence-electron chi connectivity index (χ4n) is 2.28. The fraction of sp³-hybridized carbons (Fsp3) is 0.333. The van der Waals surface area contributed by atoms with Gasteiger partial charge in [0.25, 0.3) is 0 Å². The minimum Gasteiger partial charge on any atom is -0.349 e. The van der Waals surface area contributed by atoms with Gasteiger partial charge < -0.3 is 5.32 Å². The highest BCUT2D eigenvalue weighted by molar-refractivity contribution is 7.16. The number of carbonyl (C=O) groups is 1. The highest BCUT2D eigenvalue weighted by atomic mass is 32.1. The Bertz CT molecular complexity index is 765. The summed E-state index contributed by atoms with van der Waals surface area (Å²) in [4.78, 5) is 23.3. The standard InChI is InChI=1S/C15H18N6OS/c1-11-19-21-9-13(18-15(21)23-11)7-17-14(22)10-20(2)8-12-4-3-5-16-6-12/h3-6,9H,7-8,10H2,1-2H3,(H,17,22). The van der Waals surface area contributed by atoms with Crippen molar-refractivity contribution >= 4 is 22.2 Å². The number of nitrogens with zero attached hydrogens (tertiary/aromatic N) is 5. The van der Waals surface area contributed by atoms with E-state index in [1.165, 1.54) is 11.3 Å². The molecule has 0 aromatic carbocycles. The quantitative estimate of drug-likeness (QED) is 0.736. The van der Waals surface area contributed by atoms with E-state index in [1.54, 1.807) is 16.9 Å². The second-order valence-electron chi connectivity index (χ2n) is 5.39. The summed E-state index contributed by atoms with van der Waals surface area (Å²) in [5.41, 5.74) is 1.89. The zero-order chi connectivity index (χ0) is 16.2. The Hall–Kier alpha value is -2.32. The monoisotopic (exact) mass is 330 g/mol. The van der Waals surface area contributed by atoms with E-state index < -0.39 is 0 Å². The molecule has 0 aliphatic carbocycles. The van der Waals surface area contributed by atoms with E-state index in [1.807, 2.05) is 37.2 Å². The number of aromatic nitrogens is 4. The third-order valence-electron chi connectivity index (χ3n) is 3.25. The summed E-state index contributed by atoms with van der Waals surface area (Å²) in [5, 5.41) is 8.16. The van der Waals surface area contributed by atoms with Crippen molar-refractivity contribution in [2.45, 2.75) is 20.0 Å². The van der Waals surface area contributed by atoms with Gasteiger partial charge in [0, 0.05) is 18.9 Å². The molecule has 3 heterocycles. The molecule has 0 atom stereocenters. The fourth-order valence-corrected chi connectivity index (χ4v) is 3.02. The Balaban J connectivity index is 1.48. The first-order valence-corrected chi connectivity index (χ1v) is 8.07. The summed E-state index contributed by atoms with van der Waals surface area (Å²) in [6.07, 6.45) is 5.39. The molecular weight excluding hydrogens is 312 g/mol. The van der Waals surface area contributed by atoms with Crippen LogP contribution in [-0.2, 0) is 17.9 Å². The van der Waals surface area contributed by atoms with Crippen LogP contribution in [0.15, 0.2) is 30.7 Å². The van der Waals surface area contributed by atoms with Crippen LogP contribution < -0.4 is 5.32 Å². The molecule has 1 N–H and O–H groups in total.